The molecule has 34 heavy (non-hydrogen) atoms. The van der Waals surface area contributed by atoms with Crippen molar-refractivity contribution in [1.82, 2.24) is 14.8 Å². The first kappa shape index (κ1) is 28.0. The Hall–Kier alpha value is -2.20. The maximum Gasteiger partial charge on any atom is 0.254 e. The Morgan fingerprint density at radius 3 is 2.38 bits per heavy atom. The van der Waals surface area contributed by atoms with E-state index in [0.29, 0.717) is 34.5 Å². The quantitative estimate of drug-likeness (QED) is 0.416. The average molecular weight is 529 g/mol. The molecule has 1 heterocycles. The second-order valence-electron chi connectivity index (χ2n) is 7.60. The van der Waals surface area contributed by atoms with E-state index >= 15 is 0 Å². The van der Waals surface area contributed by atoms with Crippen LogP contribution in [0.3, 0.4) is 0 Å². The Labute approximate surface area is 214 Å². The van der Waals surface area contributed by atoms with Crippen molar-refractivity contribution in [2.24, 2.45) is 0 Å². The molecule has 0 fully saturated rings. The van der Waals surface area contributed by atoms with Gasteiger partial charge in [-0.3, -0.25) is 14.4 Å². The molecular weight excluding hydrogens is 499 g/mol. The number of methoxy groups -OCH3 is 1. The van der Waals surface area contributed by atoms with Crippen LogP contribution >= 0.6 is 34.5 Å². The fourth-order valence-electron chi connectivity index (χ4n) is 3.21. The van der Waals surface area contributed by atoms with Gasteiger partial charge in [-0.25, -0.2) is 4.98 Å². The highest BCUT2D eigenvalue weighted by Gasteiger charge is 2.21. The molecule has 8 nitrogen and oxygen atoms in total. The van der Waals surface area contributed by atoms with Gasteiger partial charge in [-0.05, 0) is 31.0 Å². The van der Waals surface area contributed by atoms with Crippen molar-refractivity contribution >= 4 is 57.4 Å². The molecule has 2 rings (SSSR count). The monoisotopic (exact) mass is 528 g/mol. The van der Waals surface area contributed by atoms with Crippen LogP contribution in [0.2, 0.25) is 10.0 Å². The minimum absolute atomic E-state index is 0.0184. The molecule has 0 aliphatic carbocycles. The zero-order chi connectivity index (χ0) is 25.1. The van der Waals surface area contributed by atoms with Crippen molar-refractivity contribution < 1.29 is 19.1 Å². The summed E-state index contributed by atoms with van der Waals surface area (Å²) in [5, 5.41) is 5.43. The van der Waals surface area contributed by atoms with Gasteiger partial charge in [0, 0.05) is 37.7 Å². The molecule has 186 valence electrons. The molecule has 11 heteroatoms. The van der Waals surface area contributed by atoms with Crippen LogP contribution in [0.25, 0.3) is 0 Å². The molecule has 0 atom stereocenters. The third-order valence-electron chi connectivity index (χ3n) is 4.82. The van der Waals surface area contributed by atoms with Gasteiger partial charge in [-0.15, -0.1) is 11.3 Å². The summed E-state index contributed by atoms with van der Waals surface area (Å²) < 4.78 is 5.08. The lowest BCUT2D eigenvalue weighted by molar-refractivity contribution is -0.130. The number of amides is 3. The molecule has 0 unspecified atom stereocenters. The standard InChI is InChI=1S/C23H30Cl2N4O4S/c1-4-8-28(9-5-2)21(31)13-17-15-34-23(26-17)27-20(30)14-29(10-11-33-3)22(32)16-6-7-18(24)19(25)12-16/h6-7,12,15H,4-5,8-11,13-14H2,1-3H3,(H,26,27,30). The summed E-state index contributed by atoms with van der Waals surface area (Å²) >= 11 is 13.2. The van der Waals surface area contributed by atoms with Crippen LogP contribution in [0.15, 0.2) is 23.6 Å². The van der Waals surface area contributed by atoms with E-state index in [4.69, 9.17) is 27.9 Å². The van der Waals surface area contributed by atoms with Crippen LogP contribution in [0.5, 0.6) is 0 Å². The highest BCUT2D eigenvalue weighted by molar-refractivity contribution is 7.13. The molecule has 0 aliphatic heterocycles. The number of hydrogen-bond donors (Lipinski definition) is 1. The van der Waals surface area contributed by atoms with Gasteiger partial charge >= 0.3 is 0 Å². The number of nitrogens with one attached hydrogen (secondary N) is 1. The van der Waals surface area contributed by atoms with Gasteiger partial charge < -0.3 is 19.9 Å². The van der Waals surface area contributed by atoms with Crippen molar-refractivity contribution in [3.63, 3.8) is 0 Å². The van der Waals surface area contributed by atoms with Crippen LogP contribution < -0.4 is 5.32 Å². The summed E-state index contributed by atoms with van der Waals surface area (Å²) in [7, 11) is 1.52. The van der Waals surface area contributed by atoms with E-state index in [-0.39, 0.29) is 43.0 Å². The molecule has 0 aliphatic rings. The second-order valence-corrected chi connectivity index (χ2v) is 9.27. The van der Waals surface area contributed by atoms with E-state index in [9.17, 15) is 14.4 Å². The zero-order valence-electron chi connectivity index (χ0n) is 19.6. The maximum absolute atomic E-state index is 12.9. The van der Waals surface area contributed by atoms with Gasteiger partial charge in [0.25, 0.3) is 5.91 Å². The number of carbonyl (C=O) groups is 3. The lowest BCUT2D eigenvalue weighted by atomic mass is 10.2. The smallest absolute Gasteiger partial charge is 0.254 e. The van der Waals surface area contributed by atoms with Gasteiger partial charge in [0.2, 0.25) is 11.8 Å². The molecular formula is C23H30Cl2N4O4S. The summed E-state index contributed by atoms with van der Waals surface area (Å²) in [6.07, 6.45) is 1.97. The van der Waals surface area contributed by atoms with Crippen LogP contribution in [0.1, 0.15) is 42.7 Å². The number of carbonyl (C=O) groups excluding carboxylic acids is 3. The highest BCUT2D eigenvalue weighted by atomic mass is 35.5. The van der Waals surface area contributed by atoms with Crippen LogP contribution in [-0.2, 0) is 20.7 Å². The Balaban J connectivity index is 2.01. The first-order chi connectivity index (χ1) is 16.3. The minimum atomic E-state index is -0.407. The Bertz CT molecular complexity index is 980. The molecule has 3 amide bonds. The largest absolute Gasteiger partial charge is 0.383 e. The van der Waals surface area contributed by atoms with Crippen molar-refractivity contribution in [1.29, 1.82) is 0 Å². The van der Waals surface area contributed by atoms with E-state index in [1.165, 1.54) is 35.5 Å². The van der Waals surface area contributed by atoms with Gasteiger partial charge in [0.1, 0.15) is 6.54 Å². The predicted molar refractivity (Wildman–Crippen MR) is 136 cm³/mol. The third kappa shape index (κ3) is 8.54. The van der Waals surface area contributed by atoms with Crippen molar-refractivity contribution in [2.45, 2.75) is 33.1 Å². The third-order valence-corrected chi connectivity index (χ3v) is 6.37. The van der Waals surface area contributed by atoms with E-state index < -0.39 is 5.91 Å². The second kappa shape index (κ2) is 14.3. The summed E-state index contributed by atoms with van der Waals surface area (Å²) in [6.45, 7) is 5.77. The number of thiazole rings is 1. The molecule has 1 aromatic carbocycles. The molecule has 0 bridgehead atoms. The maximum atomic E-state index is 12.9. The topological polar surface area (TPSA) is 91.8 Å². The summed E-state index contributed by atoms with van der Waals surface area (Å²) in [5.74, 6) is -0.761. The van der Waals surface area contributed by atoms with E-state index in [2.05, 4.69) is 10.3 Å². The first-order valence-electron chi connectivity index (χ1n) is 11.0. The molecule has 1 aromatic heterocycles. The number of anilines is 1. The van der Waals surface area contributed by atoms with Crippen LogP contribution in [-0.4, -0.2) is 72.4 Å². The lowest BCUT2D eigenvalue weighted by Crippen LogP contribution is -2.40. The van der Waals surface area contributed by atoms with Gasteiger partial charge in [0.15, 0.2) is 5.13 Å². The predicted octanol–water partition coefficient (Wildman–Crippen LogP) is 4.37. The Morgan fingerprint density at radius 2 is 1.76 bits per heavy atom. The van der Waals surface area contributed by atoms with Crippen LogP contribution in [0.4, 0.5) is 5.13 Å². The minimum Gasteiger partial charge on any atom is -0.383 e. The molecule has 0 saturated heterocycles. The highest BCUT2D eigenvalue weighted by Crippen LogP contribution is 2.23. The molecule has 0 radical (unpaired) electrons. The number of nitrogens with zero attached hydrogens (tertiary/aromatic N) is 3. The van der Waals surface area contributed by atoms with E-state index in [1.54, 1.807) is 11.4 Å². The Morgan fingerprint density at radius 1 is 1.06 bits per heavy atom. The van der Waals surface area contributed by atoms with Crippen molar-refractivity contribution in [2.75, 3.05) is 45.2 Å². The lowest BCUT2D eigenvalue weighted by Gasteiger charge is -2.22. The zero-order valence-corrected chi connectivity index (χ0v) is 21.9. The molecule has 0 spiro atoms. The molecule has 2 aromatic rings. The van der Waals surface area contributed by atoms with Gasteiger partial charge in [0.05, 0.1) is 28.8 Å². The van der Waals surface area contributed by atoms with Gasteiger partial charge in [-0.2, -0.15) is 0 Å². The van der Waals surface area contributed by atoms with Crippen molar-refractivity contribution in [3.05, 3.63) is 44.9 Å². The first-order valence-corrected chi connectivity index (χ1v) is 12.7. The van der Waals surface area contributed by atoms with Gasteiger partial charge in [-0.1, -0.05) is 37.0 Å². The normalized spacial score (nSPS) is 10.7. The number of rotatable bonds is 13. The number of halogens is 2. The fourth-order valence-corrected chi connectivity index (χ4v) is 4.24. The average Bonchev–Trinajstić information content (AvgIpc) is 3.24. The fraction of sp³-hybridized carbons (Fsp3) is 0.478. The SMILES string of the molecule is CCCN(CCC)C(=O)Cc1csc(NC(=O)CN(CCOC)C(=O)c2ccc(Cl)c(Cl)c2)n1. The molecule has 0 saturated carbocycles. The van der Waals surface area contributed by atoms with Crippen molar-refractivity contribution in [3.8, 4) is 0 Å². The number of hydrogen-bond acceptors (Lipinski definition) is 6. The molecule has 1 N–H and O–H groups in total. The summed E-state index contributed by atoms with van der Waals surface area (Å²) in [6, 6.07) is 4.55. The van der Waals surface area contributed by atoms with Crippen LogP contribution in [0, 0.1) is 0 Å². The Kier molecular flexibility index (Phi) is 11.8. The van der Waals surface area contributed by atoms with E-state index in [1.807, 2.05) is 18.7 Å². The number of aromatic nitrogens is 1. The summed E-state index contributed by atoms with van der Waals surface area (Å²) in [5.41, 5.74) is 0.919. The number of ether oxygens (including phenoxy) is 1. The van der Waals surface area contributed by atoms with E-state index in [0.717, 1.165) is 12.8 Å². The number of benzene rings is 1. The summed E-state index contributed by atoms with van der Waals surface area (Å²) in [4.78, 5) is 45.7.